The number of hydrogen-bond acceptors (Lipinski definition) is 0. The fourth-order valence-electron chi connectivity index (χ4n) is 5.23. The summed E-state index contributed by atoms with van der Waals surface area (Å²) in [6, 6.07) is 8.37. The molecule has 2 aromatic rings. The lowest BCUT2D eigenvalue weighted by molar-refractivity contribution is 0.199. The topological polar surface area (TPSA) is 0 Å². The lowest BCUT2D eigenvalue weighted by Crippen LogP contribution is -2.29. The molecular formula is C23H25ClF2. The zero-order valence-corrected chi connectivity index (χ0v) is 16.0. The molecule has 0 N–H and O–H groups in total. The lowest BCUT2D eigenvalue weighted by Gasteiger charge is -2.41. The summed E-state index contributed by atoms with van der Waals surface area (Å²) in [5.41, 5.74) is 2.33. The normalized spacial score (nSPS) is 24.8. The van der Waals surface area contributed by atoms with Crippen molar-refractivity contribution in [2.24, 2.45) is 11.8 Å². The standard InChI is InChI=1S/C23H25ClF2/c1-2-3-14-4-10-18-16(12-14)7-11-19-20(18)13-21(25)22(23(19)26)15-5-8-17(24)9-6-15/h5-6,8-9,13-14,16,18H,2-4,7,10-12H2,1H3. The molecule has 1 saturated carbocycles. The molecule has 1 fully saturated rings. The highest BCUT2D eigenvalue weighted by Gasteiger charge is 2.37. The van der Waals surface area contributed by atoms with E-state index in [2.05, 4.69) is 6.92 Å². The number of rotatable bonds is 3. The predicted octanol–water partition coefficient (Wildman–Crippen LogP) is 7.53. The van der Waals surface area contributed by atoms with E-state index in [1.54, 1.807) is 30.3 Å². The number of halogens is 3. The Morgan fingerprint density at radius 2 is 1.85 bits per heavy atom. The van der Waals surface area contributed by atoms with Crippen molar-refractivity contribution in [3.8, 4) is 11.1 Å². The van der Waals surface area contributed by atoms with Gasteiger partial charge in [-0.15, -0.1) is 0 Å². The molecule has 0 nitrogen and oxygen atoms in total. The number of fused-ring (bicyclic) bond motifs is 3. The van der Waals surface area contributed by atoms with E-state index in [9.17, 15) is 4.39 Å². The number of benzene rings is 2. The average molecular weight is 375 g/mol. The van der Waals surface area contributed by atoms with Gasteiger partial charge in [-0.3, -0.25) is 0 Å². The summed E-state index contributed by atoms with van der Waals surface area (Å²) in [4.78, 5) is 0. The minimum absolute atomic E-state index is 0.0959. The summed E-state index contributed by atoms with van der Waals surface area (Å²) in [5.74, 6) is 0.908. The monoisotopic (exact) mass is 374 g/mol. The van der Waals surface area contributed by atoms with Crippen molar-refractivity contribution in [1.82, 2.24) is 0 Å². The van der Waals surface area contributed by atoms with Gasteiger partial charge >= 0.3 is 0 Å². The van der Waals surface area contributed by atoms with Crippen LogP contribution in [0.1, 0.15) is 62.5 Å². The van der Waals surface area contributed by atoms with E-state index < -0.39 is 5.82 Å². The molecule has 0 radical (unpaired) electrons. The van der Waals surface area contributed by atoms with Crippen LogP contribution in [0, 0.1) is 23.5 Å². The van der Waals surface area contributed by atoms with Crippen LogP contribution in [-0.2, 0) is 6.42 Å². The van der Waals surface area contributed by atoms with Gasteiger partial charge in [0.25, 0.3) is 0 Å². The molecule has 0 spiro atoms. The SMILES string of the molecule is CCCC1CCC2c3cc(F)c(-c4ccc(Cl)cc4)c(F)c3CCC2C1. The molecule has 4 rings (SSSR count). The Bertz CT molecular complexity index is 797. The Labute approximate surface area is 159 Å². The van der Waals surface area contributed by atoms with Gasteiger partial charge in [-0.25, -0.2) is 8.78 Å². The summed E-state index contributed by atoms with van der Waals surface area (Å²) < 4.78 is 30.2. The molecule has 0 aliphatic heterocycles. The zero-order valence-electron chi connectivity index (χ0n) is 15.2. The Balaban J connectivity index is 1.70. The summed E-state index contributed by atoms with van der Waals surface area (Å²) in [5, 5.41) is 0.569. The maximum Gasteiger partial charge on any atom is 0.137 e. The van der Waals surface area contributed by atoms with Gasteiger partial charge in [-0.2, -0.15) is 0 Å². The van der Waals surface area contributed by atoms with Crippen LogP contribution in [0.25, 0.3) is 11.1 Å². The molecule has 3 heteroatoms. The second-order valence-electron chi connectivity index (χ2n) is 8.00. The van der Waals surface area contributed by atoms with Gasteiger partial charge in [0.15, 0.2) is 0 Å². The first-order valence-corrected chi connectivity index (χ1v) is 10.2. The Morgan fingerprint density at radius 3 is 2.58 bits per heavy atom. The van der Waals surface area contributed by atoms with Crippen LogP contribution < -0.4 is 0 Å². The van der Waals surface area contributed by atoms with Crippen molar-refractivity contribution in [2.75, 3.05) is 0 Å². The molecule has 138 valence electrons. The van der Waals surface area contributed by atoms with Crippen LogP contribution in [0.5, 0.6) is 0 Å². The largest absolute Gasteiger partial charge is 0.206 e. The van der Waals surface area contributed by atoms with E-state index in [4.69, 9.17) is 11.6 Å². The molecule has 3 unspecified atom stereocenters. The summed E-state index contributed by atoms with van der Waals surface area (Å²) in [6.07, 6.45) is 7.75. The summed E-state index contributed by atoms with van der Waals surface area (Å²) in [6.45, 7) is 2.24. The van der Waals surface area contributed by atoms with Crippen molar-refractivity contribution in [3.05, 3.63) is 58.1 Å². The van der Waals surface area contributed by atoms with E-state index in [0.29, 0.717) is 22.4 Å². The molecule has 26 heavy (non-hydrogen) atoms. The van der Waals surface area contributed by atoms with Crippen molar-refractivity contribution >= 4 is 11.6 Å². The second-order valence-corrected chi connectivity index (χ2v) is 8.43. The molecule has 2 aliphatic carbocycles. The minimum atomic E-state index is -0.445. The third kappa shape index (κ3) is 3.17. The van der Waals surface area contributed by atoms with Crippen LogP contribution in [0.4, 0.5) is 8.78 Å². The Hall–Kier alpha value is -1.41. The van der Waals surface area contributed by atoms with E-state index in [0.717, 1.165) is 36.3 Å². The molecule has 0 amide bonds. The van der Waals surface area contributed by atoms with E-state index in [1.807, 2.05) is 0 Å². The quantitative estimate of drug-likeness (QED) is 0.520. The van der Waals surface area contributed by atoms with Crippen LogP contribution >= 0.6 is 11.6 Å². The van der Waals surface area contributed by atoms with Gasteiger partial charge in [0.05, 0.1) is 5.56 Å². The average Bonchev–Trinajstić information content (AvgIpc) is 2.63. The van der Waals surface area contributed by atoms with Crippen molar-refractivity contribution < 1.29 is 8.78 Å². The molecule has 2 aromatic carbocycles. The first-order valence-electron chi connectivity index (χ1n) is 9.85. The highest BCUT2D eigenvalue weighted by molar-refractivity contribution is 6.30. The summed E-state index contributed by atoms with van der Waals surface area (Å²) in [7, 11) is 0. The van der Waals surface area contributed by atoms with Crippen molar-refractivity contribution in [3.63, 3.8) is 0 Å². The van der Waals surface area contributed by atoms with Crippen LogP contribution in [-0.4, -0.2) is 0 Å². The maximum atomic E-state index is 15.3. The first-order chi connectivity index (χ1) is 12.6. The van der Waals surface area contributed by atoms with E-state index in [-0.39, 0.29) is 11.4 Å². The van der Waals surface area contributed by atoms with E-state index in [1.165, 1.54) is 25.7 Å². The van der Waals surface area contributed by atoms with Crippen LogP contribution in [0.2, 0.25) is 5.02 Å². The molecule has 3 atom stereocenters. The predicted molar refractivity (Wildman–Crippen MR) is 104 cm³/mol. The minimum Gasteiger partial charge on any atom is -0.206 e. The lowest BCUT2D eigenvalue weighted by atomic mass is 9.64. The fraction of sp³-hybridized carbons (Fsp3) is 0.478. The second kappa shape index (κ2) is 7.31. The number of hydrogen-bond donors (Lipinski definition) is 0. The van der Waals surface area contributed by atoms with Crippen molar-refractivity contribution in [1.29, 1.82) is 0 Å². The van der Waals surface area contributed by atoms with Gasteiger partial charge in [-0.05, 0) is 84.7 Å². The molecule has 0 aromatic heterocycles. The van der Waals surface area contributed by atoms with Gasteiger partial charge in [0.2, 0.25) is 0 Å². The van der Waals surface area contributed by atoms with E-state index >= 15 is 4.39 Å². The van der Waals surface area contributed by atoms with Gasteiger partial charge < -0.3 is 0 Å². The van der Waals surface area contributed by atoms with Gasteiger partial charge in [-0.1, -0.05) is 43.5 Å². The van der Waals surface area contributed by atoms with Crippen molar-refractivity contribution in [2.45, 2.75) is 57.8 Å². The maximum absolute atomic E-state index is 15.3. The Morgan fingerprint density at radius 1 is 1.08 bits per heavy atom. The molecular weight excluding hydrogens is 350 g/mol. The smallest absolute Gasteiger partial charge is 0.137 e. The zero-order chi connectivity index (χ0) is 18.3. The van der Waals surface area contributed by atoms with Crippen LogP contribution in [0.15, 0.2) is 30.3 Å². The Kier molecular flexibility index (Phi) is 5.05. The van der Waals surface area contributed by atoms with Gasteiger partial charge in [0.1, 0.15) is 11.6 Å². The van der Waals surface area contributed by atoms with Crippen LogP contribution in [0.3, 0.4) is 0 Å². The molecule has 0 bridgehead atoms. The van der Waals surface area contributed by atoms with Gasteiger partial charge in [0, 0.05) is 5.02 Å². The summed E-state index contributed by atoms with van der Waals surface area (Å²) >= 11 is 5.92. The first kappa shape index (κ1) is 18.0. The third-order valence-electron chi connectivity index (χ3n) is 6.44. The highest BCUT2D eigenvalue weighted by Crippen LogP contribution is 2.49. The fourth-order valence-corrected chi connectivity index (χ4v) is 5.36. The molecule has 0 saturated heterocycles. The molecule has 0 heterocycles. The molecule has 2 aliphatic rings. The third-order valence-corrected chi connectivity index (χ3v) is 6.69. The highest BCUT2D eigenvalue weighted by atomic mass is 35.5.